The molecule has 0 aliphatic carbocycles. The second kappa shape index (κ2) is 5.10. The van der Waals surface area contributed by atoms with Crippen LogP contribution < -0.4 is 5.32 Å². The van der Waals surface area contributed by atoms with E-state index in [0.29, 0.717) is 11.5 Å². The van der Waals surface area contributed by atoms with Gasteiger partial charge in [-0.25, -0.2) is 4.98 Å². The van der Waals surface area contributed by atoms with Crippen LogP contribution in [0.1, 0.15) is 25.0 Å². The van der Waals surface area contributed by atoms with Crippen LogP contribution in [-0.4, -0.2) is 15.9 Å². The molecule has 0 bridgehead atoms. The standard InChI is InChI=1S/C17H18N4/c1-11(2)10-19-16-8-12(3)13(9-18)17-20-14-6-4-5-7-15(14)21(16)17/h4-8,11,19H,10H2,1-3H3. The van der Waals surface area contributed by atoms with E-state index in [1.165, 1.54) is 0 Å². The van der Waals surface area contributed by atoms with E-state index in [0.717, 1.165) is 34.6 Å². The average Bonchev–Trinajstić information content (AvgIpc) is 2.84. The van der Waals surface area contributed by atoms with Crippen LogP contribution in [0.15, 0.2) is 30.3 Å². The van der Waals surface area contributed by atoms with Crippen LogP contribution in [0, 0.1) is 24.2 Å². The molecule has 21 heavy (non-hydrogen) atoms. The monoisotopic (exact) mass is 278 g/mol. The molecule has 4 nitrogen and oxygen atoms in total. The van der Waals surface area contributed by atoms with Crippen molar-refractivity contribution < 1.29 is 0 Å². The molecule has 0 radical (unpaired) electrons. The van der Waals surface area contributed by atoms with Gasteiger partial charge in [-0.2, -0.15) is 5.26 Å². The van der Waals surface area contributed by atoms with Gasteiger partial charge in [-0.3, -0.25) is 4.40 Å². The van der Waals surface area contributed by atoms with Gasteiger partial charge in [0.2, 0.25) is 0 Å². The summed E-state index contributed by atoms with van der Waals surface area (Å²) in [6, 6.07) is 12.3. The van der Waals surface area contributed by atoms with Gasteiger partial charge in [0.25, 0.3) is 0 Å². The first-order valence-corrected chi connectivity index (χ1v) is 7.16. The summed E-state index contributed by atoms with van der Waals surface area (Å²) in [5.41, 5.74) is 4.25. The smallest absolute Gasteiger partial charge is 0.157 e. The Morgan fingerprint density at radius 1 is 1.33 bits per heavy atom. The molecule has 1 N–H and O–H groups in total. The van der Waals surface area contributed by atoms with Gasteiger partial charge in [-0.1, -0.05) is 26.0 Å². The van der Waals surface area contributed by atoms with E-state index in [9.17, 15) is 5.26 Å². The van der Waals surface area contributed by atoms with E-state index in [1.807, 2.05) is 41.7 Å². The van der Waals surface area contributed by atoms with E-state index in [-0.39, 0.29) is 0 Å². The highest BCUT2D eigenvalue weighted by atomic mass is 15.1. The highest BCUT2D eigenvalue weighted by molar-refractivity contribution is 5.85. The Bertz CT molecular complexity index is 852. The molecule has 0 spiro atoms. The average molecular weight is 278 g/mol. The van der Waals surface area contributed by atoms with E-state index >= 15 is 0 Å². The molecule has 4 heteroatoms. The highest BCUT2D eigenvalue weighted by Crippen LogP contribution is 2.26. The molecule has 0 saturated heterocycles. The van der Waals surface area contributed by atoms with Crippen LogP contribution >= 0.6 is 0 Å². The molecule has 2 heterocycles. The first kappa shape index (κ1) is 13.4. The number of nitriles is 1. The molecule has 3 aromatic rings. The summed E-state index contributed by atoms with van der Waals surface area (Å²) in [5.74, 6) is 1.54. The summed E-state index contributed by atoms with van der Waals surface area (Å²) in [6.07, 6.45) is 0. The van der Waals surface area contributed by atoms with Gasteiger partial charge >= 0.3 is 0 Å². The van der Waals surface area contributed by atoms with Crippen LogP contribution in [-0.2, 0) is 0 Å². The van der Waals surface area contributed by atoms with Crippen molar-refractivity contribution in [2.45, 2.75) is 20.8 Å². The normalized spacial score (nSPS) is 11.2. The SMILES string of the molecule is Cc1cc(NCC(C)C)n2c(nc3ccccc32)c1C#N. The fourth-order valence-corrected chi connectivity index (χ4v) is 2.53. The van der Waals surface area contributed by atoms with Crippen molar-refractivity contribution >= 4 is 22.5 Å². The molecule has 0 aliphatic rings. The van der Waals surface area contributed by atoms with Gasteiger partial charge in [0.1, 0.15) is 11.9 Å². The lowest BCUT2D eigenvalue weighted by molar-refractivity contribution is 0.686. The molecule has 0 aliphatic heterocycles. The van der Waals surface area contributed by atoms with Crippen LogP contribution in [0.25, 0.3) is 16.7 Å². The predicted octanol–water partition coefficient (Wildman–Crippen LogP) is 3.74. The third kappa shape index (κ3) is 2.21. The number of para-hydroxylation sites is 2. The minimum absolute atomic E-state index is 0.547. The molecule has 3 rings (SSSR count). The number of pyridine rings is 1. The Labute approximate surface area is 124 Å². The van der Waals surface area contributed by atoms with Crippen LogP contribution in [0.5, 0.6) is 0 Å². The second-order valence-corrected chi connectivity index (χ2v) is 5.73. The maximum absolute atomic E-state index is 9.43. The number of anilines is 1. The second-order valence-electron chi connectivity index (χ2n) is 5.73. The number of hydrogen-bond acceptors (Lipinski definition) is 3. The maximum atomic E-state index is 9.43. The lowest BCUT2D eigenvalue weighted by atomic mass is 10.1. The van der Waals surface area contributed by atoms with Crippen molar-refractivity contribution in [1.29, 1.82) is 5.26 Å². The molecule has 2 aromatic heterocycles. The number of imidazole rings is 1. The zero-order valence-corrected chi connectivity index (χ0v) is 12.5. The van der Waals surface area contributed by atoms with Gasteiger partial charge in [0.05, 0.1) is 16.6 Å². The summed E-state index contributed by atoms with van der Waals surface area (Å²) in [7, 11) is 0. The molecule has 0 unspecified atom stereocenters. The topological polar surface area (TPSA) is 53.1 Å². The Morgan fingerprint density at radius 3 is 2.81 bits per heavy atom. The molecule has 0 atom stereocenters. The summed E-state index contributed by atoms with van der Waals surface area (Å²) >= 11 is 0. The zero-order chi connectivity index (χ0) is 15.0. The molecule has 1 aromatic carbocycles. The Hall–Kier alpha value is -2.54. The van der Waals surface area contributed by atoms with E-state index < -0.39 is 0 Å². The number of nitrogens with one attached hydrogen (secondary N) is 1. The summed E-state index contributed by atoms with van der Waals surface area (Å²) in [5, 5.41) is 12.9. The Morgan fingerprint density at radius 2 is 2.10 bits per heavy atom. The molecule has 106 valence electrons. The van der Waals surface area contributed by atoms with E-state index in [2.05, 4.69) is 30.2 Å². The minimum Gasteiger partial charge on any atom is -0.371 e. The number of aryl methyl sites for hydroxylation is 1. The van der Waals surface area contributed by atoms with E-state index in [4.69, 9.17) is 0 Å². The number of nitrogens with zero attached hydrogens (tertiary/aromatic N) is 3. The highest BCUT2D eigenvalue weighted by Gasteiger charge is 2.14. The van der Waals surface area contributed by atoms with Gasteiger partial charge in [-0.15, -0.1) is 0 Å². The van der Waals surface area contributed by atoms with Crippen molar-refractivity contribution in [3.8, 4) is 6.07 Å². The molecule has 0 saturated carbocycles. The Kier molecular flexibility index (Phi) is 3.26. The number of aromatic nitrogens is 2. The maximum Gasteiger partial charge on any atom is 0.157 e. The van der Waals surface area contributed by atoms with Gasteiger partial charge < -0.3 is 5.32 Å². The molecule has 0 fully saturated rings. The van der Waals surface area contributed by atoms with Gasteiger partial charge in [0.15, 0.2) is 5.65 Å². The molecular formula is C17H18N4. The van der Waals surface area contributed by atoms with E-state index in [1.54, 1.807) is 0 Å². The van der Waals surface area contributed by atoms with Crippen LogP contribution in [0.4, 0.5) is 5.82 Å². The lowest BCUT2D eigenvalue weighted by Gasteiger charge is -2.13. The number of fused-ring (bicyclic) bond motifs is 3. The van der Waals surface area contributed by atoms with Crippen molar-refractivity contribution in [2.24, 2.45) is 5.92 Å². The lowest BCUT2D eigenvalue weighted by Crippen LogP contribution is -2.11. The predicted molar refractivity (Wildman–Crippen MR) is 85.5 cm³/mol. The van der Waals surface area contributed by atoms with Crippen LogP contribution in [0.3, 0.4) is 0 Å². The number of rotatable bonds is 3. The fourth-order valence-electron chi connectivity index (χ4n) is 2.53. The number of benzene rings is 1. The summed E-state index contributed by atoms with van der Waals surface area (Å²) < 4.78 is 2.04. The van der Waals surface area contributed by atoms with Crippen molar-refractivity contribution in [3.63, 3.8) is 0 Å². The van der Waals surface area contributed by atoms with Crippen LogP contribution in [0.2, 0.25) is 0 Å². The van der Waals surface area contributed by atoms with Gasteiger partial charge in [0, 0.05) is 6.54 Å². The molecular weight excluding hydrogens is 260 g/mol. The third-order valence-electron chi connectivity index (χ3n) is 3.58. The summed E-state index contributed by atoms with van der Waals surface area (Å²) in [6.45, 7) is 7.19. The van der Waals surface area contributed by atoms with Gasteiger partial charge in [-0.05, 0) is 36.6 Å². The summed E-state index contributed by atoms with van der Waals surface area (Å²) in [4.78, 5) is 4.64. The largest absolute Gasteiger partial charge is 0.371 e. The first-order chi connectivity index (χ1) is 10.1. The Balaban J connectivity index is 2.34. The number of hydrogen-bond donors (Lipinski definition) is 1. The van der Waals surface area contributed by atoms with Crippen molar-refractivity contribution in [2.75, 3.05) is 11.9 Å². The minimum atomic E-state index is 0.547. The quantitative estimate of drug-likeness (QED) is 0.794. The van der Waals surface area contributed by atoms with Crippen molar-refractivity contribution in [1.82, 2.24) is 9.38 Å². The van der Waals surface area contributed by atoms with Crippen molar-refractivity contribution in [3.05, 3.63) is 41.5 Å². The first-order valence-electron chi connectivity index (χ1n) is 7.16. The zero-order valence-electron chi connectivity index (χ0n) is 12.5. The fraction of sp³-hybridized carbons (Fsp3) is 0.294. The third-order valence-corrected chi connectivity index (χ3v) is 3.58. The molecule has 0 amide bonds.